The van der Waals surface area contributed by atoms with Crippen molar-refractivity contribution in [1.82, 2.24) is 10.3 Å². The van der Waals surface area contributed by atoms with Gasteiger partial charge in [0, 0.05) is 15.3 Å². The molecule has 1 N–H and O–H groups in total. The van der Waals surface area contributed by atoms with Gasteiger partial charge < -0.3 is 0 Å². The van der Waals surface area contributed by atoms with E-state index in [4.69, 9.17) is 0 Å². The molecule has 2 aliphatic heterocycles. The van der Waals surface area contributed by atoms with E-state index < -0.39 is 6.17 Å². The smallest absolute Gasteiger partial charge is 0.276 e. The Labute approximate surface area is 155 Å². The van der Waals surface area contributed by atoms with Crippen LogP contribution < -0.4 is 15.9 Å². The van der Waals surface area contributed by atoms with Gasteiger partial charge in [-0.15, -0.1) is 5.10 Å². The molecule has 1 unspecified atom stereocenters. The van der Waals surface area contributed by atoms with Crippen LogP contribution in [0.25, 0.3) is 5.70 Å². The minimum atomic E-state index is -0.738. The van der Waals surface area contributed by atoms with E-state index in [1.807, 2.05) is 18.4 Å². The van der Waals surface area contributed by atoms with Gasteiger partial charge in [0.1, 0.15) is 11.5 Å². The number of amidine groups is 1. The van der Waals surface area contributed by atoms with Crippen LogP contribution in [0.4, 0.5) is 4.39 Å². The van der Waals surface area contributed by atoms with E-state index in [0.717, 1.165) is 4.47 Å². The van der Waals surface area contributed by atoms with E-state index >= 15 is 0 Å². The SMILES string of the molecule is CSC1=NN2C(=c3cc(Br)ccc3=NC2c2ccccc2F)C(=O)N1. The number of benzene rings is 2. The molecule has 0 saturated heterocycles. The lowest BCUT2D eigenvalue weighted by Crippen LogP contribution is -2.50. The van der Waals surface area contributed by atoms with Crippen molar-refractivity contribution in [3.63, 3.8) is 0 Å². The third-order valence-corrected chi connectivity index (χ3v) is 5.01. The van der Waals surface area contributed by atoms with E-state index in [0.29, 0.717) is 27.0 Å². The molecular formula is C17H12BrFN4OS. The van der Waals surface area contributed by atoms with Crippen molar-refractivity contribution in [2.24, 2.45) is 10.1 Å². The Morgan fingerprint density at radius 2 is 2.08 bits per heavy atom. The van der Waals surface area contributed by atoms with Crippen molar-refractivity contribution >= 4 is 44.5 Å². The van der Waals surface area contributed by atoms with Gasteiger partial charge in [-0.3, -0.25) is 15.1 Å². The summed E-state index contributed by atoms with van der Waals surface area (Å²) < 4.78 is 15.2. The molecule has 0 radical (unpaired) electrons. The fourth-order valence-corrected chi connectivity index (χ4v) is 3.56. The minimum absolute atomic E-state index is 0.282. The molecule has 126 valence electrons. The van der Waals surface area contributed by atoms with Crippen molar-refractivity contribution in [2.75, 3.05) is 6.26 Å². The Kier molecular flexibility index (Phi) is 4.09. The van der Waals surface area contributed by atoms with Crippen LogP contribution in [0.1, 0.15) is 11.7 Å². The zero-order valence-corrected chi connectivity index (χ0v) is 15.4. The lowest BCUT2D eigenvalue weighted by Gasteiger charge is -2.34. The van der Waals surface area contributed by atoms with E-state index in [1.54, 1.807) is 24.3 Å². The lowest BCUT2D eigenvalue weighted by atomic mass is 10.1. The number of hydrazone groups is 1. The summed E-state index contributed by atoms with van der Waals surface area (Å²) in [5.41, 5.74) is 0.727. The molecule has 4 rings (SSSR count). The fraction of sp³-hybridized carbons (Fsp3) is 0.118. The van der Waals surface area contributed by atoms with Crippen LogP contribution in [0.3, 0.4) is 0 Å². The molecular weight excluding hydrogens is 407 g/mol. The van der Waals surface area contributed by atoms with Crippen LogP contribution in [0.5, 0.6) is 0 Å². The summed E-state index contributed by atoms with van der Waals surface area (Å²) >= 11 is 4.73. The summed E-state index contributed by atoms with van der Waals surface area (Å²) in [7, 11) is 0. The Bertz CT molecular complexity index is 1040. The standard InChI is InChI=1S/C17H12BrFN4OS/c1-25-17-21-16(24)14-11-8-9(18)6-7-13(11)20-15(23(14)22-17)10-4-2-3-5-12(10)19/h2-8,15H,1H3,(H,21,22,24). The quantitative estimate of drug-likeness (QED) is 0.771. The maximum absolute atomic E-state index is 14.4. The maximum atomic E-state index is 14.4. The number of hydrogen-bond donors (Lipinski definition) is 1. The highest BCUT2D eigenvalue weighted by atomic mass is 79.9. The maximum Gasteiger partial charge on any atom is 0.276 e. The number of hydrogen-bond acceptors (Lipinski definition) is 5. The Morgan fingerprint density at radius 3 is 2.84 bits per heavy atom. The monoisotopic (exact) mass is 418 g/mol. The number of rotatable bonds is 1. The molecule has 8 heteroatoms. The summed E-state index contributed by atoms with van der Waals surface area (Å²) in [6.07, 6.45) is 1.08. The van der Waals surface area contributed by atoms with E-state index in [2.05, 4.69) is 31.3 Å². The summed E-state index contributed by atoms with van der Waals surface area (Å²) in [6, 6.07) is 11.9. The third kappa shape index (κ3) is 2.75. The summed E-state index contributed by atoms with van der Waals surface area (Å²) in [5.74, 6) is -0.669. The van der Waals surface area contributed by atoms with Gasteiger partial charge in [0.05, 0.1) is 5.36 Å². The summed E-state index contributed by atoms with van der Waals surface area (Å²) in [5, 5.41) is 10.5. The number of fused-ring (bicyclic) bond motifs is 2. The molecule has 0 bridgehead atoms. The van der Waals surface area contributed by atoms with Crippen molar-refractivity contribution in [3.05, 3.63) is 68.9 Å². The topological polar surface area (TPSA) is 57.1 Å². The first-order valence-electron chi connectivity index (χ1n) is 7.44. The van der Waals surface area contributed by atoms with Crippen LogP contribution in [0, 0.1) is 5.82 Å². The van der Waals surface area contributed by atoms with Gasteiger partial charge in [-0.05, 0) is 30.5 Å². The summed E-state index contributed by atoms with van der Waals surface area (Å²) in [4.78, 5) is 17.4. The van der Waals surface area contributed by atoms with Crippen molar-refractivity contribution < 1.29 is 9.18 Å². The second kappa shape index (κ2) is 6.27. The fourth-order valence-electron chi connectivity index (χ4n) is 2.83. The molecule has 5 nitrogen and oxygen atoms in total. The van der Waals surface area contributed by atoms with E-state index in [1.165, 1.54) is 22.8 Å². The number of amides is 1. The van der Waals surface area contributed by atoms with Crippen LogP contribution in [0.2, 0.25) is 0 Å². The van der Waals surface area contributed by atoms with E-state index in [-0.39, 0.29) is 11.7 Å². The van der Waals surface area contributed by atoms with Crippen LogP contribution in [0.15, 0.2) is 57.0 Å². The number of carbonyl (C=O) groups is 1. The van der Waals surface area contributed by atoms with Crippen LogP contribution >= 0.6 is 27.7 Å². The van der Waals surface area contributed by atoms with Gasteiger partial charge in [0.15, 0.2) is 11.3 Å². The Morgan fingerprint density at radius 1 is 1.28 bits per heavy atom. The Balaban J connectivity index is 2.03. The molecule has 2 aromatic rings. The summed E-state index contributed by atoms with van der Waals surface area (Å²) in [6.45, 7) is 0. The first-order valence-corrected chi connectivity index (χ1v) is 9.45. The third-order valence-electron chi connectivity index (χ3n) is 3.95. The lowest BCUT2D eigenvalue weighted by molar-refractivity contribution is -0.116. The largest absolute Gasteiger partial charge is 0.298 e. The molecule has 2 aliphatic rings. The molecule has 0 aliphatic carbocycles. The molecule has 0 spiro atoms. The molecule has 25 heavy (non-hydrogen) atoms. The van der Waals surface area contributed by atoms with Crippen LogP contribution in [-0.2, 0) is 4.79 Å². The molecule has 1 amide bonds. The predicted molar refractivity (Wildman–Crippen MR) is 98.4 cm³/mol. The minimum Gasteiger partial charge on any atom is -0.298 e. The first kappa shape index (κ1) is 16.3. The first-order chi connectivity index (χ1) is 12.1. The molecule has 1 atom stereocenters. The second-order valence-electron chi connectivity index (χ2n) is 5.44. The highest BCUT2D eigenvalue weighted by Gasteiger charge is 2.35. The van der Waals surface area contributed by atoms with Crippen molar-refractivity contribution in [1.29, 1.82) is 0 Å². The zero-order chi connectivity index (χ0) is 17.6. The number of halogens is 2. The van der Waals surface area contributed by atoms with Crippen molar-refractivity contribution in [2.45, 2.75) is 6.17 Å². The number of nitrogens with zero attached hydrogens (tertiary/aromatic N) is 3. The van der Waals surface area contributed by atoms with Crippen LogP contribution in [-0.4, -0.2) is 22.3 Å². The molecule has 2 aromatic carbocycles. The van der Waals surface area contributed by atoms with Crippen molar-refractivity contribution in [3.8, 4) is 0 Å². The van der Waals surface area contributed by atoms with Gasteiger partial charge >= 0.3 is 0 Å². The molecule has 0 saturated carbocycles. The number of carbonyl (C=O) groups excluding carboxylic acids is 1. The highest BCUT2D eigenvalue weighted by Crippen LogP contribution is 2.31. The highest BCUT2D eigenvalue weighted by molar-refractivity contribution is 9.10. The average Bonchev–Trinajstić information content (AvgIpc) is 2.61. The van der Waals surface area contributed by atoms with Gasteiger partial charge in [-0.2, -0.15) is 0 Å². The average molecular weight is 419 g/mol. The molecule has 0 aromatic heterocycles. The normalized spacial score (nSPS) is 18.8. The molecule has 2 heterocycles. The zero-order valence-electron chi connectivity index (χ0n) is 13.0. The second-order valence-corrected chi connectivity index (χ2v) is 7.15. The van der Waals surface area contributed by atoms with Gasteiger partial charge in [0.25, 0.3) is 5.91 Å². The molecule has 0 fully saturated rings. The predicted octanol–water partition coefficient (Wildman–Crippen LogP) is 2.09. The van der Waals surface area contributed by atoms with Gasteiger partial charge in [0.2, 0.25) is 0 Å². The van der Waals surface area contributed by atoms with E-state index in [9.17, 15) is 9.18 Å². The number of nitrogens with one attached hydrogen (secondary N) is 1. The Hall–Kier alpha value is -2.19. The van der Waals surface area contributed by atoms with Gasteiger partial charge in [-0.1, -0.05) is 45.9 Å². The number of thioether (sulfide) groups is 1. The van der Waals surface area contributed by atoms with Gasteiger partial charge in [-0.25, -0.2) is 9.40 Å².